The number of nitrogens with zero attached hydrogens (tertiary/aromatic N) is 1. The van der Waals surface area contributed by atoms with E-state index in [4.69, 9.17) is 21.1 Å². The molecule has 1 aliphatic rings. The number of amides is 1. The zero-order valence-electron chi connectivity index (χ0n) is 17.8. The van der Waals surface area contributed by atoms with Gasteiger partial charge in [-0.3, -0.25) is 9.59 Å². The minimum atomic E-state index is -0.733. The number of carbonyl (C=O) groups is 2. The van der Waals surface area contributed by atoms with Crippen LogP contribution in [0.1, 0.15) is 37.9 Å². The van der Waals surface area contributed by atoms with Gasteiger partial charge in [-0.2, -0.15) is 0 Å². The number of benzene rings is 2. The largest absolute Gasteiger partial charge is 0.507 e. The lowest BCUT2D eigenvalue weighted by Gasteiger charge is -2.25. The van der Waals surface area contributed by atoms with Crippen LogP contribution in [0.2, 0.25) is 5.02 Å². The van der Waals surface area contributed by atoms with Crippen molar-refractivity contribution in [3.05, 3.63) is 70.3 Å². The van der Waals surface area contributed by atoms with E-state index in [1.807, 2.05) is 51.1 Å². The van der Waals surface area contributed by atoms with Crippen LogP contribution in [-0.2, 0) is 14.3 Å². The molecule has 31 heavy (non-hydrogen) atoms. The lowest BCUT2D eigenvalue weighted by Crippen LogP contribution is -2.33. The molecular weight excluding hydrogens is 418 g/mol. The summed E-state index contributed by atoms with van der Waals surface area (Å²) in [5, 5.41) is 11.5. The van der Waals surface area contributed by atoms with Crippen molar-refractivity contribution in [2.75, 3.05) is 19.8 Å². The molecule has 2 aromatic carbocycles. The normalized spacial score (nSPS) is 18.1. The van der Waals surface area contributed by atoms with E-state index in [0.29, 0.717) is 22.9 Å². The minimum absolute atomic E-state index is 0.00180. The van der Waals surface area contributed by atoms with Crippen molar-refractivity contribution >= 4 is 29.1 Å². The van der Waals surface area contributed by atoms with Gasteiger partial charge in [0.1, 0.15) is 11.5 Å². The number of Topliss-reactive ketones (excluding diaryl/α,β-unsaturated/α-hetero) is 1. The first-order valence-electron chi connectivity index (χ1n) is 10.2. The van der Waals surface area contributed by atoms with Gasteiger partial charge in [0.15, 0.2) is 0 Å². The first-order chi connectivity index (χ1) is 14.8. The molecule has 0 bridgehead atoms. The highest BCUT2D eigenvalue weighted by molar-refractivity contribution is 6.46. The highest BCUT2D eigenvalue weighted by Gasteiger charge is 2.45. The Morgan fingerprint density at radius 1 is 1.16 bits per heavy atom. The average Bonchev–Trinajstić information content (AvgIpc) is 3.00. The Hall–Kier alpha value is -2.83. The maximum Gasteiger partial charge on any atom is 0.295 e. The van der Waals surface area contributed by atoms with E-state index in [1.165, 1.54) is 4.90 Å². The molecule has 0 spiro atoms. The number of ketones is 1. The van der Waals surface area contributed by atoms with Crippen molar-refractivity contribution in [1.29, 1.82) is 0 Å². The fourth-order valence-corrected chi connectivity index (χ4v) is 3.72. The molecule has 1 heterocycles. The number of rotatable bonds is 8. The molecule has 3 rings (SSSR count). The number of hydrogen-bond acceptors (Lipinski definition) is 5. The fraction of sp³-hybridized carbons (Fsp3) is 0.333. The standard InChI is InChI=1S/C24H26ClNO5/c1-4-30-19-14-17(10-11-18(19)25)22(27)20-21(16-8-6-5-7-9-16)26(24(29)23(20)28)12-13-31-15(2)3/h5-11,14-15,21,27H,4,12-13H2,1-3H3/b22-20-. The summed E-state index contributed by atoms with van der Waals surface area (Å²) in [5.41, 5.74) is 1.11. The monoisotopic (exact) mass is 443 g/mol. The zero-order valence-corrected chi connectivity index (χ0v) is 18.6. The van der Waals surface area contributed by atoms with Crippen LogP contribution >= 0.6 is 11.6 Å². The lowest BCUT2D eigenvalue weighted by molar-refractivity contribution is -0.140. The number of halogens is 1. The summed E-state index contributed by atoms with van der Waals surface area (Å²) in [4.78, 5) is 27.3. The molecule has 0 aromatic heterocycles. The highest BCUT2D eigenvalue weighted by Crippen LogP contribution is 2.40. The average molecular weight is 444 g/mol. The van der Waals surface area contributed by atoms with E-state index in [2.05, 4.69) is 0 Å². The van der Waals surface area contributed by atoms with Crippen LogP contribution in [0.15, 0.2) is 54.1 Å². The first kappa shape index (κ1) is 22.8. The van der Waals surface area contributed by atoms with Gasteiger partial charge in [0.05, 0.1) is 36.0 Å². The van der Waals surface area contributed by atoms with Crippen LogP contribution in [-0.4, -0.2) is 47.6 Å². The van der Waals surface area contributed by atoms with E-state index in [9.17, 15) is 14.7 Å². The Labute approximate surface area is 187 Å². The van der Waals surface area contributed by atoms with Crippen LogP contribution in [0.5, 0.6) is 5.75 Å². The van der Waals surface area contributed by atoms with Gasteiger partial charge in [-0.15, -0.1) is 0 Å². The molecule has 0 aliphatic carbocycles. The van der Waals surface area contributed by atoms with Gasteiger partial charge in [-0.25, -0.2) is 0 Å². The van der Waals surface area contributed by atoms with E-state index in [1.54, 1.807) is 18.2 Å². The Morgan fingerprint density at radius 2 is 1.87 bits per heavy atom. The second-order valence-electron chi connectivity index (χ2n) is 7.40. The van der Waals surface area contributed by atoms with E-state index in [-0.39, 0.29) is 30.6 Å². The second-order valence-corrected chi connectivity index (χ2v) is 7.81. The predicted molar refractivity (Wildman–Crippen MR) is 119 cm³/mol. The molecule has 6 nitrogen and oxygen atoms in total. The molecule has 1 N–H and O–H groups in total. The fourth-order valence-electron chi connectivity index (χ4n) is 3.55. The quantitative estimate of drug-likeness (QED) is 0.367. The summed E-state index contributed by atoms with van der Waals surface area (Å²) in [7, 11) is 0. The number of aliphatic hydroxyl groups excluding tert-OH is 1. The van der Waals surface area contributed by atoms with Crippen LogP contribution in [0.4, 0.5) is 0 Å². The molecule has 7 heteroatoms. The number of ether oxygens (including phenoxy) is 2. The van der Waals surface area contributed by atoms with Gasteiger partial charge in [0.2, 0.25) is 0 Å². The molecule has 2 aromatic rings. The molecule has 0 radical (unpaired) electrons. The van der Waals surface area contributed by atoms with Crippen molar-refractivity contribution < 1.29 is 24.2 Å². The van der Waals surface area contributed by atoms with Crippen LogP contribution in [0, 0.1) is 0 Å². The molecule has 0 saturated carbocycles. The van der Waals surface area contributed by atoms with Gasteiger partial charge in [-0.05, 0) is 44.5 Å². The van der Waals surface area contributed by atoms with Crippen molar-refractivity contribution in [3.63, 3.8) is 0 Å². The summed E-state index contributed by atoms with van der Waals surface area (Å²) in [5.74, 6) is -1.27. The SMILES string of the molecule is CCOc1cc(/C(O)=C2/C(=O)C(=O)N(CCOC(C)C)C2c2ccccc2)ccc1Cl. The number of carbonyl (C=O) groups excluding carboxylic acids is 2. The zero-order chi connectivity index (χ0) is 22.5. The summed E-state index contributed by atoms with van der Waals surface area (Å²) in [6.45, 7) is 6.53. The van der Waals surface area contributed by atoms with Gasteiger partial charge >= 0.3 is 0 Å². The maximum absolute atomic E-state index is 13.0. The van der Waals surface area contributed by atoms with E-state index >= 15 is 0 Å². The van der Waals surface area contributed by atoms with Gasteiger partial charge in [0, 0.05) is 12.1 Å². The Morgan fingerprint density at radius 3 is 2.52 bits per heavy atom. The molecule has 1 saturated heterocycles. The van der Waals surface area contributed by atoms with Crippen molar-refractivity contribution in [1.82, 2.24) is 4.90 Å². The molecule has 164 valence electrons. The smallest absolute Gasteiger partial charge is 0.295 e. The third-order valence-corrected chi connectivity index (χ3v) is 5.26. The van der Waals surface area contributed by atoms with Crippen LogP contribution < -0.4 is 4.74 Å². The van der Waals surface area contributed by atoms with Crippen molar-refractivity contribution in [2.24, 2.45) is 0 Å². The molecule has 1 fully saturated rings. The van der Waals surface area contributed by atoms with Crippen LogP contribution in [0.25, 0.3) is 5.76 Å². The Bertz CT molecular complexity index is 987. The van der Waals surface area contributed by atoms with Crippen LogP contribution in [0.3, 0.4) is 0 Å². The Kier molecular flexibility index (Phi) is 7.36. The second kappa shape index (κ2) is 9.98. The van der Waals surface area contributed by atoms with Gasteiger partial charge in [-0.1, -0.05) is 41.9 Å². The van der Waals surface area contributed by atoms with Crippen molar-refractivity contribution in [3.8, 4) is 5.75 Å². The molecule has 1 aliphatic heterocycles. The molecule has 1 unspecified atom stereocenters. The lowest BCUT2D eigenvalue weighted by atomic mass is 9.95. The molecular formula is C24H26ClNO5. The summed E-state index contributed by atoms with van der Waals surface area (Å²) >= 11 is 6.16. The topological polar surface area (TPSA) is 76.1 Å². The molecule has 1 atom stereocenters. The van der Waals surface area contributed by atoms with Gasteiger partial charge in [0.25, 0.3) is 11.7 Å². The predicted octanol–water partition coefficient (Wildman–Crippen LogP) is 4.59. The van der Waals surface area contributed by atoms with Crippen molar-refractivity contribution in [2.45, 2.75) is 32.9 Å². The maximum atomic E-state index is 13.0. The van der Waals surface area contributed by atoms with Gasteiger partial charge < -0.3 is 19.5 Å². The van der Waals surface area contributed by atoms with E-state index in [0.717, 1.165) is 5.56 Å². The summed E-state index contributed by atoms with van der Waals surface area (Å²) < 4.78 is 11.1. The Balaban J connectivity index is 2.08. The van der Waals surface area contributed by atoms with E-state index < -0.39 is 17.7 Å². The minimum Gasteiger partial charge on any atom is -0.507 e. The third-order valence-electron chi connectivity index (χ3n) is 4.94. The molecule has 1 amide bonds. The first-order valence-corrected chi connectivity index (χ1v) is 10.6. The summed E-state index contributed by atoms with van der Waals surface area (Å²) in [6.07, 6.45) is -0.00180. The highest BCUT2D eigenvalue weighted by atomic mass is 35.5. The summed E-state index contributed by atoms with van der Waals surface area (Å²) in [6, 6.07) is 13.2. The number of hydrogen-bond donors (Lipinski definition) is 1. The number of likely N-dealkylation sites (tertiary alicyclic amines) is 1. The number of aliphatic hydroxyl groups is 1. The third kappa shape index (κ3) is 4.92.